The van der Waals surface area contributed by atoms with Crippen LogP contribution in [0.1, 0.15) is 38.7 Å². The summed E-state index contributed by atoms with van der Waals surface area (Å²) in [6, 6.07) is 32.6. The molecule has 0 spiro atoms. The molecule has 44 heavy (non-hydrogen) atoms. The van der Waals surface area contributed by atoms with Crippen molar-refractivity contribution in [3.63, 3.8) is 0 Å². The Morgan fingerprint density at radius 1 is 0.705 bits per heavy atom. The Morgan fingerprint density at radius 2 is 1.55 bits per heavy atom. The summed E-state index contributed by atoms with van der Waals surface area (Å²) >= 11 is 0. The molecule has 0 saturated heterocycles. The first kappa shape index (κ1) is 18.2. The van der Waals surface area contributed by atoms with Crippen molar-refractivity contribution >= 4 is 43.7 Å². The summed E-state index contributed by atoms with van der Waals surface area (Å²) in [6.45, 7) is -10.0. The van der Waals surface area contributed by atoms with Gasteiger partial charge in [0.15, 0.2) is 0 Å². The van der Waals surface area contributed by atoms with Gasteiger partial charge in [-0.15, -0.1) is 53.6 Å². The zero-order chi connectivity index (χ0) is 39.5. The number of furan rings is 1. The van der Waals surface area contributed by atoms with E-state index in [4.69, 9.17) is 25.9 Å². The molecule has 0 atom stereocenters. The smallest absolute Gasteiger partial charge is 0.216 e. The summed E-state index contributed by atoms with van der Waals surface area (Å²) in [5.41, 5.74) is 2.39. The molecular weight excluding hydrogens is 719 g/mol. The minimum absolute atomic E-state index is 0. The number of aryl methyl sites for hydroxylation is 4. The Kier molecular flexibility index (Phi) is 5.01. The third-order valence-electron chi connectivity index (χ3n) is 7.14. The van der Waals surface area contributed by atoms with E-state index in [0.717, 1.165) is 33.6 Å². The van der Waals surface area contributed by atoms with Gasteiger partial charge in [-0.05, 0) is 54.5 Å². The molecule has 217 valence electrons. The van der Waals surface area contributed by atoms with Crippen LogP contribution in [0.25, 0.3) is 66.3 Å². The van der Waals surface area contributed by atoms with E-state index in [1.807, 2.05) is 60.7 Å². The molecule has 8 rings (SSSR count). The van der Waals surface area contributed by atoms with Gasteiger partial charge in [0.25, 0.3) is 0 Å². The first-order chi connectivity index (χ1) is 25.8. The largest absolute Gasteiger partial charge is 0.486 e. The predicted octanol–water partition coefficient (Wildman–Crippen LogP) is 9.93. The molecule has 0 aliphatic carbocycles. The molecule has 0 amide bonds. The molecule has 1 radical (unpaired) electrons. The fourth-order valence-corrected chi connectivity index (χ4v) is 5.03. The average molecular weight is 760 g/mol. The van der Waals surface area contributed by atoms with E-state index in [1.165, 1.54) is 18.3 Å². The molecule has 0 bridgehead atoms. The van der Waals surface area contributed by atoms with Crippen LogP contribution in [0.2, 0.25) is 0 Å². The summed E-state index contributed by atoms with van der Waals surface area (Å²) in [4.78, 5) is 13.1. The molecule has 0 aliphatic heterocycles. The van der Waals surface area contributed by atoms with Crippen molar-refractivity contribution in [2.24, 2.45) is 0 Å². The topological polar surface area (TPSA) is 51.8 Å². The van der Waals surface area contributed by atoms with Gasteiger partial charge in [-0.2, -0.15) is 0 Å². The number of hydrogen-bond donors (Lipinski definition) is 0. The molecule has 0 aliphatic rings. The van der Waals surface area contributed by atoms with E-state index in [1.54, 1.807) is 18.2 Å². The molecule has 0 fully saturated rings. The number of hydrogen-bond acceptors (Lipinski definition) is 4. The van der Waals surface area contributed by atoms with Crippen LogP contribution in [0.15, 0.2) is 108 Å². The Balaban J connectivity index is 0.000000263. The van der Waals surface area contributed by atoms with Crippen molar-refractivity contribution in [1.29, 1.82) is 0 Å². The van der Waals surface area contributed by atoms with Crippen molar-refractivity contribution < 1.29 is 41.0 Å². The van der Waals surface area contributed by atoms with E-state index >= 15 is 0 Å². The van der Waals surface area contributed by atoms with Crippen LogP contribution >= 0.6 is 0 Å². The molecule has 4 nitrogen and oxygen atoms in total. The van der Waals surface area contributed by atoms with Crippen LogP contribution in [0.4, 0.5) is 0 Å². The second-order valence-corrected chi connectivity index (χ2v) is 9.91. The quantitative estimate of drug-likeness (QED) is 0.130. The predicted molar refractivity (Wildman–Crippen MR) is 176 cm³/mol. The summed E-state index contributed by atoms with van der Waals surface area (Å²) in [6.07, 6.45) is 2.41. The summed E-state index contributed by atoms with van der Waals surface area (Å²) in [5.74, 6) is 0. The number of pyridine rings is 3. The van der Waals surface area contributed by atoms with Gasteiger partial charge >= 0.3 is 0 Å². The van der Waals surface area contributed by atoms with E-state index in [9.17, 15) is 0 Å². The van der Waals surface area contributed by atoms with Gasteiger partial charge in [-0.1, -0.05) is 78.0 Å². The second kappa shape index (κ2) is 12.1. The number of benzene rings is 4. The molecule has 4 aromatic carbocycles. The third kappa shape index (κ3) is 5.41. The first-order valence-corrected chi connectivity index (χ1v) is 13.4. The van der Waals surface area contributed by atoms with Crippen molar-refractivity contribution in [3.05, 3.63) is 138 Å². The monoisotopic (exact) mass is 760 g/mol. The molecule has 4 heterocycles. The normalized spacial score (nSPS) is 16.2. The Labute approximate surface area is 287 Å². The number of aromatic nitrogens is 3. The molecule has 0 unspecified atom stereocenters. The van der Waals surface area contributed by atoms with E-state index < -0.39 is 27.4 Å². The van der Waals surface area contributed by atoms with Crippen LogP contribution in [0.3, 0.4) is 0 Å². The Bertz CT molecular complexity index is 2700. The molecule has 4 aromatic heterocycles. The fourth-order valence-electron chi connectivity index (χ4n) is 5.03. The van der Waals surface area contributed by atoms with Gasteiger partial charge in [0.1, 0.15) is 0 Å². The number of nitrogens with zero attached hydrogens (tertiary/aromatic N) is 3. The number of fused-ring (bicyclic) bond motifs is 6. The van der Waals surface area contributed by atoms with Crippen LogP contribution in [-0.4, -0.2) is 15.0 Å². The van der Waals surface area contributed by atoms with Gasteiger partial charge in [0.05, 0.1) is 11.1 Å². The standard InChI is InChI=1S/C27H19N2O.C12H10N.Ir/c1-15-8-11-21(23-12-16(2)17(3)14-28-23)26-24(15)22-13-19-10-9-18-6-4-5-7-20(18)25(19)29-27(22)30-26;1-10-7-8-12(13-9-10)11-5-3-2-4-6-11;/h4-10,12-14H,1-3H3;2-5,7-9H,1H3;/q2*-1;/i1D3,2D3,3D3;1D3;. The van der Waals surface area contributed by atoms with E-state index in [0.29, 0.717) is 16.3 Å². The molecular formula is C39H29IrN3O-2. The molecule has 0 saturated carbocycles. The van der Waals surface area contributed by atoms with E-state index in [-0.39, 0.29) is 64.9 Å². The second-order valence-electron chi connectivity index (χ2n) is 9.91. The Hall–Kier alpha value is -4.70. The maximum atomic E-state index is 8.13. The van der Waals surface area contributed by atoms with Crippen LogP contribution in [0, 0.1) is 39.5 Å². The van der Waals surface area contributed by atoms with Gasteiger partial charge < -0.3 is 14.4 Å². The minimum atomic E-state index is -2.73. The molecule has 5 heteroatoms. The zero-order valence-corrected chi connectivity index (χ0v) is 25.3. The zero-order valence-electron chi connectivity index (χ0n) is 34.9. The Morgan fingerprint density at radius 3 is 2.34 bits per heavy atom. The van der Waals surface area contributed by atoms with E-state index in [2.05, 4.69) is 22.1 Å². The SMILES string of the molecule is [2H]C([2H])([2H])c1ccc(-c2[c-]cccc2)nc1.[2H]C([2H])([2H])c1cnc(-c2[c-]cc(C([2H])([2H])[2H])c3c2oc2nc4c(ccc5ccccc54)cc23)cc1C([2H])([2H])[2H].[Ir]. The average Bonchev–Trinajstić information content (AvgIpc) is 3.51. The van der Waals surface area contributed by atoms with Crippen molar-refractivity contribution in [2.45, 2.75) is 27.4 Å². The fraction of sp³-hybridized carbons (Fsp3) is 0.103. The molecule has 8 aromatic rings. The third-order valence-corrected chi connectivity index (χ3v) is 7.14. The molecule has 0 N–H and O–H groups in total. The van der Waals surface area contributed by atoms with Crippen molar-refractivity contribution in [3.8, 4) is 22.5 Å². The van der Waals surface area contributed by atoms with Crippen LogP contribution < -0.4 is 0 Å². The first-order valence-electron chi connectivity index (χ1n) is 19.4. The van der Waals surface area contributed by atoms with Gasteiger partial charge in [-0.3, -0.25) is 0 Å². The number of rotatable bonds is 2. The van der Waals surface area contributed by atoms with Gasteiger partial charge in [0, 0.05) is 65.1 Å². The maximum absolute atomic E-state index is 8.13. The summed E-state index contributed by atoms with van der Waals surface area (Å²) in [5, 5.41) is 3.45. The summed E-state index contributed by atoms with van der Waals surface area (Å²) < 4.78 is 99.2. The minimum Gasteiger partial charge on any atom is -0.486 e. The van der Waals surface area contributed by atoms with Gasteiger partial charge in [0.2, 0.25) is 5.71 Å². The maximum Gasteiger partial charge on any atom is 0.216 e. The van der Waals surface area contributed by atoms with Gasteiger partial charge in [-0.25, -0.2) is 4.98 Å². The van der Waals surface area contributed by atoms with Crippen LogP contribution in [0.5, 0.6) is 0 Å². The van der Waals surface area contributed by atoms with Crippen LogP contribution in [-0.2, 0) is 20.1 Å². The summed E-state index contributed by atoms with van der Waals surface area (Å²) in [7, 11) is 0. The van der Waals surface area contributed by atoms with Crippen molar-refractivity contribution in [2.75, 3.05) is 0 Å². The van der Waals surface area contributed by atoms with Crippen molar-refractivity contribution in [1.82, 2.24) is 15.0 Å².